The Kier molecular flexibility index (Phi) is 7.71. The predicted octanol–water partition coefficient (Wildman–Crippen LogP) is 5.27. The lowest BCUT2D eigenvalue weighted by atomic mass is 9.65. The molecule has 2 saturated heterocycles. The lowest BCUT2D eigenvalue weighted by molar-refractivity contribution is -0.139. The molecule has 5 rings (SSSR count). The van der Waals surface area contributed by atoms with Crippen LogP contribution in [-0.2, 0) is 9.59 Å². The van der Waals surface area contributed by atoms with Crippen molar-refractivity contribution in [2.24, 2.45) is 16.7 Å². The first-order valence-corrected chi connectivity index (χ1v) is 15.4. The minimum Gasteiger partial charge on any atom is -0.353 e. The number of hydrogen-bond donors (Lipinski definition) is 0. The molecule has 7 nitrogen and oxygen atoms in total. The summed E-state index contributed by atoms with van der Waals surface area (Å²) in [4.78, 5) is 41.9. The monoisotopic (exact) mass is 547 g/mol. The van der Waals surface area contributed by atoms with Gasteiger partial charge in [-0.05, 0) is 49.9 Å². The Labute approximate surface area is 231 Å². The summed E-state index contributed by atoms with van der Waals surface area (Å²) in [6.07, 6.45) is 9.01. The summed E-state index contributed by atoms with van der Waals surface area (Å²) in [6.45, 7) is 12.1. The molecule has 2 bridgehead atoms. The number of piperazine rings is 1. The molecule has 2 amide bonds. The van der Waals surface area contributed by atoms with Crippen molar-refractivity contribution in [3.63, 3.8) is 0 Å². The van der Waals surface area contributed by atoms with Gasteiger partial charge in [0, 0.05) is 50.2 Å². The summed E-state index contributed by atoms with van der Waals surface area (Å²) >= 11 is 7.78. The molecule has 1 aromatic heterocycles. The van der Waals surface area contributed by atoms with Crippen LogP contribution in [0.1, 0.15) is 79.1 Å². The van der Waals surface area contributed by atoms with Crippen molar-refractivity contribution in [2.45, 2.75) is 96.3 Å². The number of fused-ring (bicyclic) bond motifs is 2. The Morgan fingerprint density at radius 2 is 1.84 bits per heavy atom. The highest BCUT2D eigenvalue weighted by molar-refractivity contribution is 7.99. The summed E-state index contributed by atoms with van der Waals surface area (Å²) in [5, 5.41) is 0.928. The second-order valence-corrected chi connectivity index (χ2v) is 14.3. The van der Waals surface area contributed by atoms with Crippen LogP contribution >= 0.6 is 23.4 Å². The van der Waals surface area contributed by atoms with Gasteiger partial charge in [0.05, 0.1) is 5.75 Å². The van der Waals surface area contributed by atoms with Crippen molar-refractivity contribution < 1.29 is 9.59 Å². The first kappa shape index (κ1) is 27.0. The number of aromatic nitrogens is 2. The van der Waals surface area contributed by atoms with Gasteiger partial charge < -0.3 is 14.7 Å². The van der Waals surface area contributed by atoms with Gasteiger partial charge in [-0.15, -0.1) is 0 Å². The Morgan fingerprint density at radius 1 is 1.08 bits per heavy atom. The predicted molar refractivity (Wildman–Crippen MR) is 149 cm³/mol. The van der Waals surface area contributed by atoms with Gasteiger partial charge in [-0.1, -0.05) is 63.4 Å². The van der Waals surface area contributed by atoms with Crippen LogP contribution < -0.4 is 4.90 Å². The molecule has 1 aromatic rings. The van der Waals surface area contributed by atoms with Crippen LogP contribution in [0.4, 0.5) is 5.82 Å². The molecule has 0 spiro atoms. The molecule has 0 radical (unpaired) electrons. The van der Waals surface area contributed by atoms with Crippen molar-refractivity contribution in [2.75, 3.05) is 36.8 Å². The van der Waals surface area contributed by atoms with E-state index in [1.54, 1.807) is 6.07 Å². The number of nitrogens with zero attached hydrogens (tertiary/aromatic N) is 5. The maximum absolute atomic E-state index is 13.2. The van der Waals surface area contributed by atoms with E-state index < -0.39 is 0 Å². The number of likely N-dealkylation sites (tertiary alicyclic amines) is 1. The maximum Gasteiger partial charge on any atom is 0.233 e. The van der Waals surface area contributed by atoms with E-state index in [1.165, 1.54) is 37.4 Å². The van der Waals surface area contributed by atoms with Crippen LogP contribution in [0.5, 0.6) is 0 Å². The fraction of sp³-hybridized carbons (Fsp3) is 0.786. The van der Waals surface area contributed by atoms with Crippen LogP contribution in [0, 0.1) is 16.7 Å². The molecule has 3 unspecified atom stereocenters. The molecule has 3 heterocycles. The summed E-state index contributed by atoms with van der Waals surface area (Å²) in [7, 11) is 0. The van der Waals surface area contributed by atoms with Gasteiger partial charge in [0.25, 0.3) is 0 Å². The Morgan fingerprint density at radius 3 is 2.57 bits per heavy atom. The standard InChI is InChI=1S/C28H42ClN5O2S/c1-19-15-32(10-11-33(19)25(36)20-8-6-5-7-9-20)23-12-22(29)30-26(31-23)37-16-24(35)34-18-28(4)14-21(34)13-27(2,3)17-28/h12,19-21H,5-11,13-18H2,1-4H3. The second kappa shape index (κ2) is 10.6. The van der Waals surface area contributed by atoms with E-state index in [1.807, 2.05) is 0 Å². The summed E-state index contributed by atoms with van der Waals surface area (Å²) < 4.78 is 0. The van der Waals surface area contributed by atoms with Gasteiger partial charge in [-0.25, -0.2) is 9.97 Å². The van der Waals surface area contributed by atoms with Crippen LogP contribution in [0.25, 0.3) is 0 Å². The average Bonchev–Trinajstić information content (AvgIpc) is 3.10. The second-order valence-electron chi connectivity index (χ2n) is 13.0. The van der Waals surface area contributed by atoms with Crippen molar-refractivity contribution in [1.82, 2.24) is 19.8 Å². The molecule has 9 heteroatoms. The maximum atomic E-state index is 13.2. The highest BCUT2D eigenvalue weighted by Gasteiger charge is 2.50. The molecule has 2 aliphatic heterocycles. The lowest BCUT2D eigenvalue weighted by Gasteiger charge is -2.42. The number of carbonyl (C=O) groups is 2. The summed E-state index contributed by atoms with van der Waals surface area (Å²) in [6, 6.07) is 2.26. The number of amides is 2. The molecule has 204 valence electrons. The molecule has 2 saturated carbocycles. The Bertz CT molecular complexity index is 1030. The fourth-order valence-electron chi connectivity index (χ4n) is 7.65. The summed E-state index contributed by atoms with van der Waals surface area (Å²) in [5.41, 5.74) is 0.511. The Balaban J connectivity index is 1.19. The third-order valence-corrected chi connectivity index (χ3v) is 9.94. The third kappa shape index (κ3) is 6.05. The molecule has 37 heavy (non-hydrogen) atoms. The molecule has 2 aliphatic carbocycles. The van der Waals surface area contributed by atoms with Crippen molar-refractivity contribution in [3.05, 3.63) is 11.2 Å². The van der Waals surface area contributed by atoms with E-state index in [2.05, 4.69) is 47.4 Å². The highest BCUT2D eigenvalue weighted by atomic mass is 35.5. The van der Waals surface area contributed by atoms with Gasteiger partial charge in [0.15, 0.2) is 5.16 Å². The number of halogens is 1. The SMILES string of the molecule is CC1CN(c2cc(Cl)nc(SCC(=O)N3CC4(C)CC3CC(C)(C)C4)n2)CCN1C(=O)C1CCCCC1. The van der Waals surface area contributed by atoms with Crippen molar-refractivity contribution in [1.29, 1.82) is 0 Å². The van der Waals surface area contributed by atoms with E-state index in [-0.39, 0.29) is 28.7 Å². The van der Waals surface area contributed by atoms with Gasteiger partial charge in [-0.2, -0.15) is 0 Å². The molecule has 4 fully saturated rings. The van der Waals surface area contributed by atoms with Crippen molar-refractivity contribution in [3.8, 4) is 0 Å². The topological polar surface area (TPSA) is 69.6 Å². The normalized spacial score (nSPS) is 30.0. The number of carbonyl (C=O) groups excluding carboxylic acids is 2. The minimum absolute atomic E-state index is 0.120. The van der Waals surface area contributed by atoms with Crippen LogP contribution in [0.15, 0.2) is 11.2 Å². The highest BCUT2D eigenvalue weighted by Crippen LogP contribution is 2.52. The van der Waals surface area contributed by atoms with E-state index >= 15 is 0 Å². The first-order valence-electron chi connectivity index (χ1n) is 14.0. The largest absolute Gasteiger partial charge is 0.353 e. The van der Waals surface area contributed by atoms with E-state index in [9.17, 15) is 9.59 Å². The zero-order valence-electron chi connectivity index (χ0n) is 22.8. The van der Waals surface area contributed by atoms with Gasteiger partial charge in [0.2, 0.25) is 11.8 Å². The average molecular weight is 548 g/mol. The smallest absolute Gasteiger partial charge is 0.233 e. The molecule has 0 N–H and O–H groups in total. The zero-order chi connectivity index (χ0) is 26.4. The van der Waals surface area contributed by atoms with Gasteiger partial charge >= 0.3 is 0 Å². The molecule has 3 atom stereocenters. The summed E-state index contributed by atoms with van der Waals surface area (Å²) in [5.74, 6) is 1.79. The van der Waals surface area contributed by atoms with Crippen molar-refractivity contribution >= 4 is 41.0 Å². The molecular weight excluding hydrogens is 506 g/mol. The zero-order valence-corrected chi connectivity index (χ0v) is 24.4. The number of rotatable bonds is 5. The van der Waals surface area contributed by atoms with Crippen LogP contribution in [0.2, 0.25) is 5.15 Å². The quantitative estimate of drug-likeness (QED) is 0.284. The number of thioether (sulfide) groups is 1. The van der Waals surface area contributed by atoms with E-state index in [0.29, 0.717) is 34.6 Å². The number of anilines is 1. The minimum atomic E-state index is 0.120. The molecule has 4 aliphatic rings. The van der Waals surface area contributed by atoms with E-state index in [4.69, 9.17) is 16.6 Å². The van der Waals surface area contributed by atoms with Crippen LogP contribution in [-0.4, -0.2) is 75.6 Å². The van der Waals surface area contributed by atoms with Gasteiger partial charge in [-0.3, -0.25) is 9.59 Å². The number of hydrogen-bond acceptors (Lipinski definition) is 6. The molecular formula is C28H42ClN5O2S. The Hall–Kier alpha value is -1.54. The van der Waals surface area contributed by atoms with E-state index in [0.717, 1.165) is 51.1 Å². The third-order valence-electron chi connectivity index (χ3n) is 8.91. The fourth-order valence-corrected chi connectivity index (χ4v) is 8.62. The lowest BCUT2D eigenvalue weighted by Crippen LogP contribution is -2.55. The first-order chi connectivity index (χ1) is 17.5. The van der Waals surface area contributed by atoms with Crippen LogP contribution in [0.3, 0.4) is 0 Å². The van der Waals surface area contributed by atoms with Gasteiger partial charge in [0.1, 0.15) is 11.0 Å². The molecule has 0 aromatic carbocycles.